The van der Waals surface area contributed by atoms with Gasteiger partial charge in [0, 0.05) is 5.56 Å². The zero-order chi connectivity index (χ0) is 9.97. The van der Waals surface area contributed by atoms with Gasteiger partial charge < -0.3 is 10.1 Å². The number of rotatable bonds is 2. The van der Waals surface area contributed by atoms with Crippen LogP contribution in [-0.4, -0.2) is 20.3 Å². The molecule has 0 bridgehead atoms. The molecule has 3 heteroatoms. The molecular weight excluding hydrogens is 181 g/mol. The highest BCUT2D eigenvalue weighted by Crippen LogP contribution is 2.30. The Kier molecular flexibility index (Phi) is 2.68. The van der Waals surface area contributed by atoms with Crippen LogP contribution in [0.25, 0.3) is 0 Å². The van der Waals surface area contributed by atoms with Crippen LogP contribution in [0.5, 0.6) is 5.75 Å². The van der Waals surface area contributed by atoms with Crippen molar-refractivity contribution < 1.29 is 9.13 Å². The Balaban J connectivity index is 2.43. The van der Waals surface area contributed by atoms with Crippen molar-refractivity contribution in [1.29, 1.82) is 0 Å². The van der Waals surface area contributed by atoms with E-state index in [1.165, 1.54) is 0 Å². The Morgan fingerprint density at radius 2 is 2.43 bits per heavy atom. The predicted octanol–water partition coefficient (Wildman–Crippen LogP) is 1.85. The number of hydrogen-bond donors (Lipinski definition) is 1. The van der Waals surface area contributed by atoms with Gasteiger partial charge in [0.1, 0.15) is 12.4 Å². The van der Waals surface area contributed by atoms with Crippen molar-refractivity contribution in [2.45, 2.75) is 12.5 Å². The summed E-state index contributed by atoms with van der Waals surface area (Å²) in [5.74, 6) is 0.877. The Hall–Kier alpha value is -1.09. The molecule has 1 N–H and O–H groups in total. The molecule has 0 saturated heterocycles. The molecule has 1 atom stereocenters. The zero-order valence-electron chi connectivity index (χ0n) is 8.22. The maximum atomic E-state index is 12.7. The van der Waals surface area contributed by atoms with E-state index in [0.29, 0.717) is 0 Å². The smallest absolute Gasteiger partial charge is 0.122 e. The SMILES string of the molecule is COc1cccc2c1CCNC2CF. The van der Waals surface area contributed by atoms with Crippen LogP contribution in [-0.2, 0) is 6.42 Å². The highest BCUT2D eigenvalue weighted by atomic mass is 19.1. The van der Waals surface area contributed by atoms with Crippen LogP contribution in [0.4, 0.5) is 4.39 Å². The number of fused-ring (bicyclic) bond motifs is 1. The summed E-state index contributed by atoms with van der Waals surface area (Å²) >= 11 is 0. The molecule has 1 unspecified atom stereocenters. The third-order valence-electron chi connectivity index (χ3n) is 2.68. The number of benzene rings is 1. The molecule has 14 heavy (non-hydrogen) atoms. The summed E-state index contributed by atoms with van der Waals surface area (Å²) in [6, 6.07) is 5.65. The molecule has 1 heterocycles. The lowest BCUT2D eigenvalue weighted by molar-refractivity contribution is 0.360. The van der Waals surface area contributed by atoms with Crippen LogP contribution in [0.1, 0.15) is 17.2 Å². The largest absolute Gasteiger partial charge is 0.496 e. The number of hydrogen-bond acceptors (Lipinski definition) is 2. The minimum Gasteiger partial charge on any atom is -0.496 e. The van der Waals surface area contributed by atoms with Gasteiger partial charge in [0.05, 0.1) is 13.2 Å². The van der Waals surface area contributed by atoms with Gasteiger partial charge in [0.15, 0.2) is 0 Å². The zero-order valence-corrected chi connectivity index (χ0v) is 8.22. The fourth-order valence-electron chi connectivity index (χ4n) is 1.99. The average molecular weight is 195 g/mol. The molecule has 76 valence electrons. The van der Waals surface area contributed by atoms with Crippen LogP contribution in [0, 0.1) is 0 Å². The number of alkyl halides is 1. The quantitative estimate of drug-likeness (QED) is 0.777. The molecule has 0 radical (unpaired) electrons. The standard InChI is InChI=1S/C11H14FNO/c1-14-11-4-2-3-8-9(11)5-6-13-10(8)7-12/h2-4,10,13H,5-7H2,1H3. The van der Waals surface area contributed by atoms with E-state index in [2.05, 4.69) is 5.32 Å². The maximum absolute atomic E-state index is 12.7. The minimum absolute atomic E-state index is 0.158. The van der Waals surface area contributed by atoms with E-state index in [1.54, 1.807) is 7.11 Å². The first-order valence-corrected chi connectivity index (χ1v) is 4.82. The van der Waals surface area contributed by atoms with E-state index in [4.69, 9.17) is 4.74 Å². The first-order chi connectivity index (χ1) is 6.86. The van der Waals surface area contributed by atoms with Crippen molar-refractivity contribution in [2.75, 3.05) is 20.3 Å². The van der Waals surface area contributed by atoms with Gasteiger partial charge in [-0.2, -0.15) is 0 Å². The lowest BCUT2D eigenvalue weighted by Gasteiger charge is -2.26. The average Bonchev–Trinajstić information content (AvgIpc) is 2.27. The number of methoxy groups -OCH3 is 1. The molecule has 1 aliphatic heterocycles. The fraction of sp³-hybridized carbons (Fsp3) is 0.455. The second-order valence-corrected chi connectivity index (χ2v) is 3.44. The molecule has 0 aliphatic carbocycles. The third kappa shape index (κ3) is 1.48. The molecule has 0 fully saturated rings. The second-order valence-electron chi connectivity index (χ2n) is 3.44. The monoisotopic (exact) mass is 195 g/mol. The van der Waals surface area contributed by atoms with Crippen LogP contribution >= 0.6 is 0 Å². The van der Waals surface area contributed by atoms with Crippen molar-refractivity contribution in [2.24, 2.45) is 0 Å². The molecule has 1 aromatic carbocycles. The van der Waals surface area contributed by atoms with Crippen LogP contribution in [0.2, 0.25) is 0 Å². The minimum atomic E-state index is -0.361. The number of ether oxygens (including phenoxy) is 1. The van der Waals surface area contributed by atoms with Crippen LogP contribution in [0.15, 0.2) is 18.2 Å². The van der Waals surface area contributed by atoms with Gasteiger partial charge in [0.2, 0.25) is 0 Å². The molecular formula is C11H14FNO. The van der Waals surface area contributed by atoms with E-state index in [1.807, 2.05) is 18.2 Å². The van der Waals surface area contributed by atoms with E-state index < -0.39 is 0 Å². The fourth-order valence-corrected chi connectivity index (χ4v) is 1.99. The molecule has 1 aromatic rings. The van der Waals surface area contributed by atoms with Gasteiger partial charge in [-0.05, 0) is 24.6 Å². The van der Waals surface area contributed by atoms with Crippen LogP contribution in [0.3, 0.4) is 0 Å². The Bertz CT molecular complexity index is 327. The Labute approximate surface area is 83.1 Å². The van der Waals surface area contributed by atoms with Crippen molar-refractivity contribution in [1.82, 2.24) is 5.32 Å². The first kappa shape index (κ1) is 9.46. The van der Waals surface area contributed by atoms with Gasteiger partial charge in [0.25, 0.3) is 0 Å². The first-order valence-electron chi connectivity index (χ1n) is 4.82. The highest BCUT2D eigenvalue weighted by Gasteiger charge is 2.21. The molecule has 0 spiro atoms. The van der Waals surface area contributed by atoms with Crippen LogP contribution < -0.4 is 10.1 Å². The third-order valence-corrected chi connectivity index (χ3v) is 2.68. The summed E-state index contributed by atoms with van der Waals surface area (Å²) in [5.41, 5.74) is 2.19. The van der Waals surface area contributed by atoms with Gasteiger partial charge >= 0.3 is 0 Å². The highest BCUT2D eigenvalue weighted by molar-refractivity contribution is 5.43. The van der Waals surface area contributed by atoms with Crippen molar-refractivity contribution >= 4 is 0 Å². The summed E-state index contributed by atoms with van der Waals surface area (Å²) in [6.45, 7) is 0.460. The summed E-state index contributed by atoms with van der Waals surface area (Å²) in [7, 11) is 1.65. The normalized spacial score (nSPS) is 20.3. The van der Waals surface area contributed by atoms with E-state index in [0.717, 1.165) is 29.8 Å². The molecule has 0 saturated carbocycles. The molecule has 0 aromatic heterocycles. The lowest BCUT2D eigenvalue weighted by atomic mass is 9.94. The van der Waals surface area contributed by atoms with Crippen molar-refractivity contribution in [3.8, 4) is 5.75 Å². The molecule has 2 rings (SSSR count). The molecule has 2 nitrogen and oxygen atoms in total. The summed E-state index contributed by atoms with van der Waals surface area (Å²) in [5, 5.41) is 3.15. The Morgan fingerprint density at radius 3 is 3.14 bits per heavy atom. The van der Waals surface area contributed by atoms with E-state index in [-0.39, 0.29) is 12.7 Å². The van der Waals surface area contributed by atoms with E-state index in [9.17, 15) is 4.39 Å². The Morgan fingerprint density at radius 1 is 1.57 bits per heavy atom. The summed E-state index contributed by atoms with van der Waals surface area (Å²) in [6.07, 6.45) is 0.913. The summed E-state index contributed by atoms with van der Waals surface area (Å²) in [4.78, 5) is 0. The number of nitrogens with one attached hydrogen (secondary N) is 1. The van der Waals surface area contributed by atoms with E-state index >= 15 is 0 Å². The topological polar surface area (TPSA) is 21.3 Å². The summed E-state index contributed by atoms with van der Waals surface area (Å²) < 4.78 is 17.9. The van der Waals surface area contributed by atoms with Gasteiger partial charge in [-0.15, -0.1) is 0 Å². The molecule has 0 amide bonds. The lowest BCUT2D eigenvalue weighted by Crippen LogP contribution is -2.31. The van der Waals surface area contributed by atoms with Crippen molar-refractivity contribution in [3.05, 3.63) is 29.3 Å². The van der Waals surface area contributed by atoms with Gasteiger partial charge in [-0.3, -0.25) is 0 Å². The van der Waals surface area contributed by atoms with Gasteiger partial charge in [-0.25, -0.2) is 4.39 Å². The second kappa shape index (κ2) is 3.96. The number of halogens is 1. The van der Waals surface area contributed by atoms with Crippen molar-refractivity contribution in [3.63, 3.8) is 0 Å². The molecule has 1 aliphatic rings. The van der Waals surface area contributed by atoms with Gasteiger partial charge in [-0.1, -0.05) is 12.1 Å². The predicted molar refractivity (Wildman–Crippen MR) is 53.4 cm³/mol. The maximum Gasteiger partial charge on any atom is 0.122 e.